The molecule has 0 spiro atoms. The highest BCUT2D eigenvalue weighted by Crippen LogP contribution is 2.22. The van der Waals surface area contributed by atoms with Gasteiger partial charge in [-0.15, -0.1) is 0 Å². The molecule has 3 amide bonds. The highest BCUT2D eigenvalue weighted by Gasteiger charge is 2.30. The van der Waals surface area contributed by atoms with Gasteiger partial charge in [0.15, 0.2) is 0 Å². The summed E-state index contributed by atoms with van der Waals surface area (Å²) in [6, 6.07) is 12.6. The molecule has 1 heterocycles. The Hall–Kier alpha value is -2.60. The normalized spacial score (nSPS) is 14.2. The third kappa shape index (κ3) is 3.49. The van der Waals surface area contributed by atoms with Crippen LogP contribution in [0.2, 0.25) is 5.02 Å². The largest absolute Gasteiger partial charge is 0.325 e. The quantitative estimate of drug-likeness (QED) is 0.922. The van der Waals surface area contributed by atoms with Crippen LogP contribution < -0.4 is 10.2 Å². The molecule has 7 heteroatoms. The van der Waals surface area contributed by atoms with Crippen LogP contribution in [0.3, 0.4) is 0 Å². The molecule has 0 radical (unpaired) electrons. The minimum Gasteiger partial charge on any atom is -0.322 e. The summed E-state index contributed by atoms with van der Waals surface area (Å²) in [5.41, 5.74) is 0.824. The van der Waals surface area contributed by atoms with Crippen molar-refractivity contribution >= 4 is 34.9 Å². The summed E-state index contributed by atoms with van der Waals surface area (Å²) in [5, 5.41) is 3.07. The number of amides is 3. The van der Waals surface area contributed by atoms with E-state index in [0.29, 0.717) is 18.1 Å². The third-order valence-electron chi connectivity index (χ3n) is 3.72. The number of carbonyl (C=O) groups excluding carboxylic acids is 2. The number of para-hydroxylation sites is 1. The van der Waals surface area contributed by atoms with Gasteiger partial charge in [-0.2, -0.15) is 0 Å². The average Bonchev–Trinajstić information content (AvgIpc) is 2.91. The van der Waals surface area contributed by atoms with Crippen LogP contribution >= 0.6 is 11.6 Å². The van der Waals surface area contributed by atoms with Gasteiger partial charge in [0.25, 0.3) is 0 Å². The lowest BCUT2D eigenvalue weighted by molar-refractivity contribution is -0.116. The number of hydrogen-bond acceptors (Lipinski definition) is 2. The topological polar surface area (TPSA) is 52.7 Å². The maximum atomic E-state index is 13.5. The molecule has 24 heavy (non-hydrogen) atoms. The van der Waals surface area contributed by atoms with Gasteiger partial charge in [-0.1, -0.05) is 23.7 Å². The van der Waals surface area contributed by atoms with Gasteiger partial charge < -0.3 is 10.2 Å². The molecule has 1 fully saturated rings. The lowest BCUT2D eigenvalue weighted by Crippen LogP contribution is -2.37. The lowest BCUT2D eigenvalue weighted by Gasteiger charge is -2.18. The third-order valence-corrected chi connectivity index (χ3v) is 3.97. The van der Waals surface area contributed by atoms with Gasteiger partial charge in [0.1, 0.15) is 12.4 Å². The summed E-state index contributed by atoms with van der Waals surface area (Å²) in [7, 11) is 0. The Morgan fingerprint density at radius 2 is 1.83 bits per heavy atom. The molecule has 0 atom stereocenters. The number of carbonyl (C=O) groups is 2. The maximum Gasteiger partial charge on any atom is 0.325 e. The Morgan fingerprint density at radius 3 is 2.54 bits per heavy atom. The fraction of sp³-hybridized carbons (Fsp3) is 0.176. The van der Waals surface area contributed by atoms with E-state index < -0.39 is 11.7 Å². The molecule has 1 aliphatic heterocycles. The van der Waals surface area contributed by atoms with Crippen LogP contribution in [-0.4, -0.2) is 36.5 Å². The van der Waals surface area contributed by atoms with Gasteiger partial charge in [0, 0.05) is 23.8 Å². The Kier molecular flexibility index (Phi) is 4.66. The summed E-state index contributed by atoms with van der Waals surface area (Å²) < 4.78 is 13.5. The smallest absolute Gasteiger partial charge is 0.322 e. The Morgan fingerprint density at radius 1 is 1.12 bits per heavy atom. The molecular weight excluding hydrogens is 333 g/mol. The number of halogens is 2. The second kappa shape index (κ2) is 6.88. The molecule has 0 unspecified atom stereocenters. The number of benzene rings is 2. The second-order valence-electron chi connectivity index (χ2n) is 5.36. The molecular formula is C17H15ClFN3O2. The van der Waals surface area contributed by atoms with Crippen LogP contribution in [0.25, 0.3) is 0 Å². The van der Waals surface area contributed by atoms with E-state index in [4.69, 9.17) is 11.6 Å². The summed E-state index contributed by atoms with van der Waals surface area (Å²) in [5.74, 6) is -0.951. The lowest BCUT2D eigenvalue weighted by atomic mass is 10.3. The van der Waals surface area contributed by atoms with E-state index in [1.807, 2.05) is 0 Å². The van der Waals surface area contributed by atoms with E-state index in [2.05, 4.69) is 5.32 Å². The predicted octanol–water partition coefficient (Wildman–Crippen LogP) is 3.36. The molecule has 0 saturated carbocycles. The molecule has 0 aliphatic carbocycles. The van der Waals surface area contributed by atoms with E-state index in [0.717, 1.165) is 5.69 Å². The average molecular weight is 348 g/mol. The number of anilines is 2. The van der Waals surface area contributed by atoms with Crippen molar-refractivity contribution in [2.75, 3.05) is 29.9 Å². The van der Waals surface area contributed by atoms with Crippen LogP contribution in [0.15, 0.2) is 48.5 Å². The minimum absolute atomic E-state index is 0.101. The van der Waals surface area contributed by atoms with E-state index in [-0.39, 0.29) is 18.3 Å². The van der Waals surface area contributed by atoms with Crippen molar-refractivity contribution in [3.8, 4) is 0 Å². The highest BCUT2D eigenvalue weighted by molar-refractivity contribution is 6.30. The van der Waals surface area contributed by atoms with Crippen molar-refractivity contribution in [1.29, 1.82) is 0 Å². The first kappa shape index (κ1) is 16.3. The highest BCUT2D eigenvalue weighted by atomic mass is 35.5. The second-order valence-corrected chi connectivity index (χ2v) is 5.80. The van der Waals surface area contributed by atoms with Gasteiger partial charge in [0.2, 0.25) is 5.91 Å². The van der Waals surface area contributed by atoms with Crippen molar-refractivity contribution in [3.05, 3.63) is 59.4 Å². The number of hydrogen-bond donors (Lipinski definition) is 1. The van der Waals surface area contributed by atoms with Crippen molar-refractivity contribution < 1.29 is 14.0 Å². The van der Waals surface area contributed by atoms with E-state index in [9.17, 15) is 14.0 Å². The van der Waals surface area contributed by atoms with Crippen molar-refractivity contribution in [1.82, 2.24) is 4.90 Å². The Bertz CT molecular complexity index is 767. The van der Waals surface area contributed by atoms with Gasteiger partial charge in [-0.3, -0.25) is 9.69 Å². The van der Waals surface area contributed by atoms with E-state index in [1.54, 1.807) is 41.3 Å². The monoisotopic (exact) mass is 347 g/mol. The SMILES string of the molecule is O=C(CN1CCN(c2ccc(Cl)cc2)C1=O)Nc1ccccc1F. The van der Waals surface area contributed by atoms with Crippen LogP contribution in [0, 0.1) is 5.82 Å². The maximum absolute atomic E-state index is 13.5. The molecule has 5 nitrogen and oxygen atoms in total. The molecule has 0 bridgehead atoms. The standard InChI is InChI=1S/C17H15ClFN3O2/c18-12-5-7-13(8-6-12)22-10-9-21(17(22)24)11-16(23)20-15-4-2-1-3-14(15)19/h1-8H,9-11H2,(H,20,23). The molecule has 2 aromatic carbocycles. The van der Waals surface area contributed by atoms with E-state index >= 15 is 0 Å². The van der Waals surface area contributed by atoms with Crippen LogP contribution in [0.4, 0.5) is 20.6 Å². The Labute approximate surface area is 143 Å². The first-order valence-corrected chi connectivity index (χ1v) is 7.79. The number of rotatable bonds is 4. The zero-order valence-electron chi connectivity index (χ0n) is 12.7. The zero-order valence-corrected chi connectivity index (χ0v) is 13.5. The fourth-order valence-electron chi connectivity index (χ4n) is 2.52. The fourth-order valence-corrected chi connectivity index (χ4v) is 2.64. The molecule has 3 rings (SSSR count). The zero-order chi connectivity index (χ0) is 17.1. The van der Waals surface area contributed by atoms with Gasteiger partial charge in [0.05, 0.1) is 5.69 Å². The van der Waals surface area contributed by atoms with Gasteiger partial charge >= 0.3 is 6.03 Å². The van der Waals surface area contributed by atoms with Crippen molar-refractivity contribution in [2.24, 2.45) is 0 Å². The first-order valence-electron chi connectivity index (χ1n) is 7.41. The number of nitrogens with one attached hydrogen (secondary N) is 1. The summed E-state index contributed by atoms with van der Waals surface area (Å²) in [6.45, 7) is 0.775. The van der Waals surface area contributed by atoms with E-state index in [1.165, 1.54) is 17.0 Å². The molecule has 1 aliphatic rings. The molecule has 2 aromatic rings. The van der Waals surface area contributed by atoms with Crippen molar-refractivity contribution in [3.63, 3.8) is 0 Å². The molecule has 124 valence electrons. The minimum atomic E-state index is -0.513. The molecule has 0 aromatic heterocycles. The van der Waals surface area contributed by atoms with Crippen molar-refractivity contribution in [2.45, 2.75) is 0 Å². The number of urea groups is 1. The van der Waals surface area contributed by atoms with Crippen LogP contribution in [0.1, 0.15) is 0 Å². The Balaban J connectivity index is 1.62. The molecule has 1 N–H and O–H groups in total. The van der Waals surface area contributed by atoms with Crippen LogP contribution in [-0.2, 0) is 4.79 Å². The van der Waals surface area contributed by atoms with Gasteiger partial charge in [-0.05, 0) is 36.4 Å². The summed E-state index contributed by atoms with van der Waals surface area (Å²) in [4.78, 5) is 27.5. The van der Waals surface area contributed by atoms with Crippen LogP contribution in [0.5, 0.6) is 0 Å². The summed E-state index contributed by atoms with van der Waals surface area (Å²) >= 11 is 5.84. The number of nitrogens with zero attached hydrogens (tertiary/aromatic N) is 2. The first-order chi connectivity index (χ1) is 11.5. The van der Waals surface area contributed by atoms with Gasteiger partial charge in [-0.25, -0.2) is 9.18 Å². The predicted molar refractivity (Wildman–Crippen MR) is 90.8 cm³/mol. The molecule has 1 saturated heterocycles. The summed E-state index contributed by atoms with van der Waals surface area (Å²) in [6.07, 6.45) is 0.